The summed E-state index contributed by atoms with van der Waals surface area (Å²) in [4.78, 5) is 14.2. The average Bonchev–Trinajstić information content (AvgIpc) is 2.56. The normalized spacial score (nSPS) is 13.3. The fraction of sp³-hybridized carbons (Fsp3) is 0.615. The Morgan fingerprint density at radius 1 is 1.39 bits per heavy atom. The van der Waals surface area contributed by atoms with Crippen LogP contribution >= 0.6 is 34.5 Å². The van der Waals surface area contributed by atoms with Crippen LogP contribution in [0.15, 0.2) is 6.07 Å². The summed E-state index contributed by atoms with van der Waals surface area (Å²) in [5.74, 6) is 0.651. The zero-order valence-corrected chi connectivity index (χ0v) is 13.5. The van der Waals surface area contributed by atoms with Crippen LogP contribution in [0.2, 0.25) is 8.67 Å². The van der Waals surface area contributed by atoms with E-state index in [1.807, 2.05) is 7.05 Å². The first kappa shape index (κ1) is 16.0. The second-order valence-corrected chi connectivity index (χ2v) is 7.34. The van der Waals surface area contributed by atoms with Crippen LogP contribution in [0.3, 0.4) is 0 Å². The summed E-state index contributed by atoms with van der Waals surface area (Å²) in [6, 6.07) is 2.03. The number of halogens is 2. The number of ketones is 1. The highest BCUT2D eigenvalue weighted by atomic mass is 35.5. The Hall–Kier alpha value is -0.0900. The van der Waals surface area contributed by atoms with Gasteiger partial charge in [-0.15, -0.1) is 11.3 Å². The smallest absolute Gasteiger partial charge is 0.179 e. The minimum absolute atomic E-state index is 0.0289. The third-order valence-corrected chi connectivity index (χ3v) is 4.40. The standard InChI is InChI=1S/C13H19Cl2NOS/c1-8(2)5-9(3)16(4)7-11(17)10-6-12(14)18-13(10)15/h6,8-9H,5,7H2,1-4H3. The van der Waals surface area contributed by atoms with Gasteiger partial charge < -0.3 is 0 Å². The molecule has 0 bridgehead atoms. The van der Waals surface area contributed by atoms with E-state index in [1.54, 1.807) is 6.07 Å². The van der Waals surface area contributed by atoms with E-state index in [4.69, 9.17) is 23.2 Å². The fourth-order valence-electron chi connectivity index (χ4n) is 1.86. The molecule has 0 radical (unpaired) electrons. The molecule has 5 heteroatoms. The summed E-state index contributed by atoms with van der Waals surface area (Å²) in [5.41, 5.74) is 0.537. The largest absolute Gasteiger partial charge is 0.296 e. The first-order valence-corrected chi connectivity index (χ1v) is 7.56. The Morgan fingerprint density at radius 2 is 2.00 bits per heavy atom. The van der Waals surface area contributed by atoms with E-state index >= 15 is 0 Å². The molecule has 0 saturated carbocycles. The molecule has 18 heavy (non-hydrogen) atoms. The number of likely N-dealkylation sites (N-methyl/N-ethyl adjacent to an activating group) is 1. The minimum atomic E-state index is 0.0289. The van der Waals surface area contributed by atoms with Crippen molar-refractivity contribution in [2.75, 3.05) is 13.6 Å². The molecule has 2 nitrogen and oxygen atoms in total. The van der Waals surface area contributed by atoms with Gasteiger partial charge >= 0.3 is 0 Å². The second kappa shape index (κ2) is 6.90. The van der Waals surface area contributed by atoms with Gasteiger partial charge in [0.1, 0.15) is 4.34 Å². The maximum Gasteiger partial charge on any atom is 0.179 e. The summed E-state index contributed by atoms with van der Waals surface area (Å²) in [5, 5.41) is 0. The van der Waals surface area contributed by atoms with E-state index in [9.17, 15) is 4.79 Å². The lowest BCUT2D eigenvalue weighted by molar-refractivity contribution is 0.0917. The van der Waals surface area contributed by atoms with Crippen molar-refractivity contribution in [3.63, 3.8) is 0 Å². The summed E-state index contributed by atoms with van der Waals surface area (Å²) in [6.07, 6.45) is 1.07. The topological polar surface area (TPSA) is 20.3 Å². The van der Waals surface area contributed by atoms with Crippen molar-refractivity contribution in [3.8, 4) is 0 Å². The third-order valence-electron chi connectivity index (χ3n) is 2.92. The Labute approximate surface area is 123 Å². The van der Waals surface area contributed by atoms with Crippen LogP contribution in [0.4, 0.5) is 0 Å². The van der Waals surface area contributed by atoms with Gasteiger partial charge in [0.25, 0.3) is 0 Å². The lowest BCUT2D eigenvalue weighted by Gasteiger charge is -2.25. The zero-order valence-electron chi connectivity index (χ0n) is 11.2. The van der Waals surface area contributed by atoms with Gasteiger partial charge in [-0.1, -0.05) is 37.0 Å². The first-order valence-electron chi connectivity index (χ1n) is 5.99. The lowest BCUT2D eigenvalue weighted by Crippen LogP contribution is -2.34. The summed E-state index contributed by atoms with van der Waals surface area (Å²) >= 11 is 13.1. The van der Waals surface area contributed by atoms with Crippen molar-refractivity contribution in [1.29, 1.82) is 0 Å². The number of hydrogen-bond donors (Lipinski definition) is 0. The third kappa shape index (κ3) is 4.54. The molecule has 0 saturated heterocycles. The predicted octanol–water partition coefficient (Wildman–Crippen LogP) is 4.60. The van der Waals surface area contributed by atoms with Crippen LogP contribution in [0.25, 0.3) is 0 Å². The lowest BCUT2D eigenvalue weighted by atomic mass is 10.0. The Kier molecular flexibility index (Phi) is 6.12. The van der Waals surface area contributed by atoms with Crippen molar-refractivity contribution < 1.29 is 4.79 Å². The van der Waals surface area contributed by atoms with Gasteiger partial charge in [0.15, 0.2) is 5.78 Å². The van der Waals surface area contributed by atoms with Crippen molar-refractivity contribution in [1.82, 2.24) is 4.90 Å². The van der Waals surface area contributed by atoms with E-state index in [1.165, 1.54) is 11.3 Å². The average molecular weight is 308 g/mol. The molecule has 0 fully saturated rings. The quantitative estimate of drug-likeness (QED) is 0.716. The Morgan fingerprint density at radius 3 is 2.44 bits per heavy atom. The van der Waals surface area contributed by atoms with E-state index in [0.717, 1.165) is 6.42 Å². The molecule has 0 aliphatic carbocycles. The molecule has 1 rings (SSSR count). The van der Waals surface area contributed by atoms with Crippen LogP contribution in [-0.4, -0.2) is 30.3 Å². The maximum absolute atomic E-state index is 12.1. The first-order chi connectivity index (χ1) is 8.31. The monoisotopic (exact) mass is 307 g/mol. The highest BCUT2D eigenvalue weighted by Crippen LogP contribution is 2.31. The minimum Gasteiger partial charge on any atom is -0.296 e. The van der Waals surface area contributed by atoms with E-state index < -0.39 is 0 Å². The van der Waals surface area contributed by atoms with Gasteiger partial charge in [0.05, 0.1) is 16.4 Å². The van der Waals surface area contributed by atoms with Crippen molar-refractivity contribution >= 4 is 40.3 Å². The molecule has 0 aliphatic heterocycles. The van der Waals surface area contributed by atoms with Gasteiger partial charge in [0.2, 0.25) is 0 Å². The highest BCUT2D eigenvalue weighted by Gasteiger charge is 2.19. The van der Waals surface area contributed by atoms with E-state index in [0.29, 0.717) is 32.7 Å². The van der Waals surface area contributed by atoms with Crippen molar-refractivity contribution in [2.45, 2.75) is 33.2 Å². The number of carbonyl (C=O) groups is 1. The van der Waals surface area contributed by atoms with Gasteiger partial charge in [-0.25, -0.2) is 0 Å². The van der Waals surface area contributed by atoms with E-state index in [-0.39, 0.29) is 5.78 Å². The number of hydrogen-bond acceptors (Lipinski definition) is 3. The van der Waals surface area contributed by atoms with Crippen LogP contribution in [0, 0.1) is 5.92 Å². The molecule has 0 amide bonds. The highest BCUT2D eigenvalue weighted by molar-refractivity contribution is 7.20. The molecular weight excluding hydrogens is 289 g/mol. The Bertz CT molecular complexity index is 417. The second-order valence-electron chi connectivity index (χ2n) is 5.05. The zero-order chi connectivity index (χ0) is 13.9. The molecule has 0 N–H and O–H groups in total. The molecule has 1 unspecified atom stereocenters. The molecule has 1 heterocycles. The van der Waals surface area contributed by atoms with Crippen LogP contribution in [0.5, 0.6) is 0 Å². The predicted molar refractivity (Wildman–Crippen MR) is 80.2 cm³/mol. The molecule has 0 aliphatic rings. The fourth-order valence-corrected chi connectivity index (χ4v) is 3.36. The summed E-state index contributed by atoms with van der Waals surface area (Å²) in [7, 11) is 1.97. The van der Waals surface area contributed by atoms with Gasteiger partial charge in [-0.05, 0) is 32.4 Å². The van der Waals surface area contributed by atoms with Crippen molar-refractivity contribution in [3.05, 3.63) is 20.3 Å². The number of thiophene rings is 1. The summed E-state index contributed by atoms with van der Waals surface area (Å²) in [6.45, 7) is 6.87. The molecule has 1 aromatic heterocycles. The van der Waals surface area contributed by atoms with Crippen LogP contribution < -0.4 is 0 Å². The number of Topliss-reactive ketones (excluding diaryl/α,β-unsaturated/α-hetero) is 1. The van der Waals surface area contributed by atoms with E-state index in [2.05, 4.69) is 25.7 Å². The number of carbonyl (C=O) groups excluding carboxylic acids is 1. The number of rotatable bonds is 6. The van der Waals surface area contributed by atoms with Crippen LogP contribution in [0.1, 0.15) is 37.6 Å². The van der Waals surface area contributed by atoms with Gasteiger partial charge in [0, 0.05) is 6.04 Å². The van der Waals surface area contributed by atoms with Gasteiger partial charge in [-0.2, -0.15) is 0 Å². The maximum atomic E-state index is 12.1. The van der Waals surface area contributed by atoms with Crippen molar-refractivity contribution in [2.24, 2.45) is 5.92 Å². The molecule has 0 aromatic carbocycles. The van der Waals surface area contributed by atoms with Crippen LogP contribution in [-0.2, 0) is 0 Å². The SMILES string of the molecule is CC(C)CC(C)N(C)CC(=O)c1cc(Cl)sc1Cl. The summed E-state index contributed by atoms with van der Waals surface area (Å²) < 4.78 is 1.04. The molecule has 102 valence electrons. The molecule has 1 aromatic rings. The molecule has 0 spiro atoms. The molecule has 1 atom stereocenters. The van der Waals surface area contributed by atoms with Gasteiger partial charge in [-0.3, -0.25) is 9.69 Å². The molecular formula is C13H19Cl2NOS. The Balaban J connectivity index is 2.62. The number of nitrogens with zero attached hydrogens (tertiary/aromatic N) is 1.